The average molecular weight is 523 g/mol. The van der Waals surface area contributed by atoms with Crippen LogP contribution < -0.4 is 0 Å². The summed E-state index contributed by atoms with van der Waals surface area (Å²) < 4.78 is 16.7. The highest BCUT2D eigenvalue weighted by molar-refractivity contribution is 6.18. The van der Waals surface area contributed by atoms with Crippen molar-refractivity contribution in [3.05, 3.63) is 108 Å². The molecule has 0 amide bonds. The van der Waals surface area contributed by atoms with Gasteiger partial charge in [-0.3, -0.25) is 14.4 Å². The standard InChI is InChI=1S/C33H30O6/c1-4-39-29(34)28-27-26-25(22-18-12-7-13-19-22)32(28,30(35)37-2)23(20-14-8-5-9-15-20)24(21-16-10-6-11-17-21)33(26,27)31(36)38-3/h5-19,25-28H,4H2,1-3H3/t25-,26+,27-,28-,32+,33-/m0/s1. The molecule has 6 nitrogen and oxygen atoms in total. The molecule has 0 aliphatic heterocycles. The monoisotopic (exact) mass is 522 g/mol. The lowest BCUT2D eigenvalue weighted by Crippen LogP contribution is -2.54. The number of methoxy groups -OCH3 is 2. The molecule has 2 bridgehead atoms. The zero-order chi connectivity index (χ0) is 27.4. The van der Waals surface area contributed by atoms with E-state index in [4.69, 9.17) is 14.2 Å². The molecule has 198 valence electrons. The first-order valence-electron chi connectivity index (χ1n) is 13.3. The van der Waals surface area contributed by atoms with E-state index in [1.807, 2.05) is 91.0 Å². The SMILES string of the molecule is CCOC(=O)[C@@H]1[C@@H]2[C@H]3[C@H](c4ccccc4)[C@]1(C(=O)OC)C(c1ccccc1)=C(c1ccccc1)[C@@]23C(=O)OC. The Morgan fingerprint density at radius 1 is 0.667 bits per heavy atom. The average Bonchev–Trinajstić information content (AvgIpc) is 3.57. The van der Waals surface area contributed by atoms with Crippen molar-refractivity contribution in [1.29, 1.82) is 0 Å². The summed E-state index contributed by atoms with van der Waals surface area (Å²) in [5.74, 6) is -3.69. The number of benzene rings is 3. The van der Waals surface area contributed by atoms with Crippen molar-refractivity contribution < 1.29 is 28.6 Å². The van der Waals surface area contributed by atoms with E-state index in [2.05, 4.69) is 0 Å². The molecule has 0 N–H and O–H groups in total. The molecule has 3 aliphatic rings. The van der Waals surface area contributed by atoms with Crippen molar-refractivity contribution in [2.75, 3.05) is 20.8 Å². The van der Waals surface area contributed by atoms with Crippen molar-refractivity contribution in [2.24, 2.45) is 28.6 Å². The quantitative estimate of drug-likeness (QED) is 0.315. The predicted molar refractivity (Wildman–Crippen MR) is 145 cm³/mol. The number of ether oxygens (including phenoxy) is 3. The highest BCUT2D eigenvalue weighted by atomic mass is 16.5. The van der Waals surface area contributed by atoms with E-state index >= 15 is 0 Å². The first-order valence-corrected chi connectivity index (χ1v) is 13.3. The summed E-state index contributed by atoms with van der Waals surface area (Å²) in [6, 6.07) is 28.8. The maximum atomic E-state index is 14.4. The van der Waals surface area contributed by atoms with Gasteiger partial charge in [-0.1, -0.05) is 91.0 Å². The largest absolute Gasteiger partial charge is 0.468 e. The number of carbonyl (C=O) groups excluding carboxylic acids is 3. The summed E-state index contributed by atoms with van der Waals surface area (Å²) in [5.41, 5.74) is 1.25. The van der Waals surface area contributed by atoms with Gasteiger partial charge < -0.3 is 14.2 Å². The van der Waals surface area contributed by atoms with Gasteiger partial charge >= 0.3 is 17.9 Å². The second-order valence-electron chi connectivity index (χ2n) is 10.4. The van der Waals surface area contributed by atoms with Gasteiger partial charge in [0.15, 0.2) is 0 Å². The zero-order valence-corrected chi connectivity index (χ0v) is 22.1. The Balaban J connectivity index is 1.82. The van der Waals surface area contributed by atoms with E-state index in [-0.39, 0.29) is 12.5 Å². The Morgan fingerprint density at radius 3 is 1.62 bits per heavy atom. The second-order valence-corrected chi connectivity index (χ2v) is 10.4. The lowest BCUT2D eigenvalue weighted by atomic mass is 9.50. The van der Waals surface area contributed by atoms with E-state index in [1.54, 1.807) is 6.92 Å². The molecule has 39 heavy (non-hydrogen) atoms. The molecule has 6 atom stereocenters. The van der Waals surface area contributed by atoms with Gasteiger partial charge in [0.1, 0.15) is 10.8 Å². The second kappa shape index (κ2) is 9.23. The summed E-state index contributed by atoms with van der Waals surface area (Å²) in [5, 5.41) is 0. The number of rotatable bonds is 7. The van der Waals surface area contributed by atoms with E-state index < -0.39 is 46.5 Å². The summed E-state index contributed by atoms with van der Waals surface area (Å²) in [6.45, 7) is 1.90. The van der Waals surface area contributed by atoms with Crippen LogP contribution in [0.15, 0.2) is 91.0 Å². The molecule has 0 aromatic heterocycles. The third kappa shape index (κ3) is 3.11. The van der Waals surface area contributed by atoms with Crippen LogP contribution in [0.4, 0.5) is 0 Å². The smallest absolute Gasteiger partial charge is 0.317 e. The highest BCUT2D eigenvalue weighted by Gasteiger charge is 2.92. The molecule has 6 rings (SSSR count). The lowest BCUT2D eigenvalue weighted by Gasteiger charge is -2.50. The molecule has 0 radical (unpaired) electrons. The molecule has 0 heterocycles. The fraction of sp³-hybridized carbons (Fsp3) is 0.303. The van der Waals surface area contributed by atoms with Crippen molar-refractivity contribution in [2.45, 2.75) is 12.8 Å². The number of carbonyl (C=O) groups is 3. The Hall–Kier alpha value is -4.19. The fourth-order valence-electron chi connectivity index (χ4n) is 7.94. The molecule has 3 aliphatic carbocycles. The maximum absolute atomic E-state index is 14.4. The minimum Gasteiger partial charge on any atom is -0.468 e. The van der Waals surface area contributed by atoms with Crippen molar-refractivity contribution in [3.8, 4) is 0 Å². The van der Waals surface area contributed by atoms with E-state index in [0.717, 1.165) is 22.3 Å². The van der Waals surface area contributed by atoms with Crippen LogP contribution in [0, 0.1) is 28.6 Å². The van der Waals surface area contributed by atoms with Gasteiger partial charge in [-0.2, -0.15) is 0 Å². The van der Waals surface area contributed by atoms with Crippen LogP contribution in [0.2, 0.25) is 0 Å². The van der Waals surface area contributed by atoms with Gasteiger partial charge in [-0.05, 0) is 46.6 Å². The number of esters is 3. The molecule has 0 unspecified atom stereocenters. The van der Waals surface area contributed by atoms with Crippen molar-refractivity contribution in [1.82, 2.24) is 0 Å². The first-order chi connectivity index (χ1) is 19.0. The van der Waals surface area contributed by atoms with Gasteiger partial charge in [0.25, 0.3) is 0 Å². The van der Waals surface area contributed by atoms with Crippen LogP contribution in [0.1, 0.15) is 29.5 Å². The fourth-order valence-corrected chi connectivity index (χ4v) is 7.94. The Bertz CT molecular complexity index is 1460. The molecule has 6 heteroatoms. The van der Waals surface area contributed by atoms with Gasteiger partial charge in [-0.25, -0.2) is 0 Å². The number of hydrogen-bond acceptors (Lipinski definition) is 6. The summed E-state index contributed by atoms with van der Waals surface area (Å²) in [7, 11) is 2.74. The van der Waals surface area contributed by atoms with Crippen LogP contribution in [0.3, 0.4) is 0 Å². The molecule has 2 saturated carbocycles. The summed E-state index contributed by atoms with van der Waals surface area (Å²) in [4.78, 5) is 42.4. The Morgan fingerprint density at radius 2 is 1.13 bits per heavy atom. The Labute approximate surface area is 227 Å². The van der Waals surface area contributed by atoms with Gasteiger partial charge in [0.2, 0.25) is 0 Å². The number of hydrogen-bond donors (Lipinski definition) is 0. The van der Waals surface area contributed by atoms with Crippen LogP contribution in [0.5, 0.6) is 0 Å². The predicted octanol–water partition coefficient (Wildman–Crippen LogP) is 5.15. The zero-order valence-electron chi connectivity index (χ0n) is 22.1. The van der Waals surface area contributed by atoms with Crippen LogP contribution in [-0.2, 0) is 28.6 Å². The highest BCUT2D eigenvalue weighted by Crippen LogP contribution is 2.89. The first kappa shape index (κ1) is 25.1. The molecule has 0 saturated heterocycles. The third-order valence-corrected chi connectivity index (χ3v) is 8.98. The normalized spacial score (nSPS) is 29.9. The molecule has 3 aromatic carbocycles. The van der Waals surface area contributed by atoms with Crippen LogP contribution in [-0.4, -0.2) is 38.7 Å². The van der Waals surface area contributed by atoms with E-state index in [9.17, 15) is 14.4 Å². The minimum absolute atomic E-state index is 0.154. The number of fused-ring (bicyclic) bond motifs is 2. The molecule has 2 fully saturated rings. The topological polar surface area (TPSA) is 78.9 Å². The van der Waals surface area contributed by atoms with Crippen LogP contribution >= 0.6 is 0 Å². The maximum Gasteiger partial charge on any atom is 0.317 e. The van der Waals surface area contributed by atoms with Crippen molar-refractivity contribution in [3.63, 3.8) is 0 Å². The molecular formula is C33H30O6. The summed E-state index contributed by atoms with van der Waals surface area (Å²) >= 11 is 0. The third-order valence-electron chi connectivity index (χ3n) is 8.98. The molecule has 0 spiro atoms. The molecule has 3 aromatic rings. The van der Waals surface area contributed by atoms with E-state index in [0.29, 0.717) is 5.57 Å². The summed E-state index contributed by atoms with van der Waals surface area (Å²) in [6.07, 6.45) is 0. The van der Waals surface area contributed by atoms with Crippen LogP contribution in [0.25, 0.3) is 11.1 Å². The lowest BCUT2D eigenvalue weighted by molar-refractivity contribution is -0.167. The van der Waals surface area contributed by atoms with E-state index in [1.165, 1.54) is 14.2 Å². The van der Waals surface area contributed by atoms with Crippen molar-refractivity contribution >= 4 is 29.1 Å². The Kier molecular flexibility index (Phi) is 5.94. The molecular weight excluding hydrogens is 492 g/mol. The van der Waals surface area contributed by atoms with Gasteiger partial charge in [-0.15, -0.1) is 0 Å². The van der Waals surface area contributed by atoms with Gasteiger partial charge in [0, 0.05) is 5.92 Å². The van der Waals surface area contributed by atoms with Gasteiger partial charge in [0.05, 0.1) is 26.7 Å². The minimum atomic E-state index is -1.42.